The highest BCUT2D eigenvalue weighted by atomic mass is 19.1. The van der Waals surface area contributed by atoms with Crippen LogP contribution in [0.4, 0.5) is 4.39 Å². The summed E-state index contributed by atoms with van der Waals surface area (Å²) in [6.07, 6.45) is 1.00. The van der Waals surface area contributed by atoms with E-state index in [0.717, 1.165) is 23.1 Å². The van der Waals surface area contributed by atoms with Gasteiger partial charge in [-0.1, -0.05) is 24.3 Å². The highest BCUT2D eigenvalue weighted by Gasteiger charge is 2.35. The van der Waals surface area contributed by atoms with E-state index in [0.29, 0.717) is 31.5 Å². The Morgan fingerprint density at radius 1 is 1.04 bits per heavy atom. The lowest BCUT2D eigenvalue weighted by Gasteiger charge is -2.38. The van der Waals surface area contributed by atoms with Crippen LogP contribution in [-0.2, 0) is 26.2 Å². The van der Waals surface area contributed by atoms with Crippen molar-refractivity contribution in [1.82, 2.24) is 14.0 Å². The van der Waals surface area contributed by atoms with Crippen LogP contribution in [0.5, 0.6) is 0 Å². The highest BCUT2D eigenvalue weighted by molar-refractivity contribution is 5.76. The lowest BCUT2D eigenvalue weighted by Crippen LogP contribution is -2.42. The molecule has 6 heteroatoms. The molecule has 4 rings (SSSR count). The monoisotopic (exact) mass is 369 g/mol. The van der Waals surface area contributed by atoms with E-state index in [-0.39, 0.29) is 11.5 Å². The summed E-state index contributed by atoms with van der Waals surface area (Å²) in [6.45, 7) is 2.12. The van der Waals surface area contributed by atoms with Gasteiger partial charge in [0.15, 0.2) is 0 Å². The zero-order chi connectivity index (χ0) is 19.2. The van der Waals surface area contributed by atoms with Crippen molar-refractivity contribution in [2.24, 2.45) is 14.1 Å². The van der Waals surface area contributed by atoms with Gasteiger partial charge in [-0.3, -0.25) is 14.0 Å². The van der Waals surface area contributed by atoms with Gasteiger partial charge in [-0.15, -0.1) is 0 Å². The van der Waals surface area contributed by atoms with Gasteiger partial charge in [-0.05, 0) is 36.6 Å². The fraction of sp³-hybridized carbons (Fsp3) is 0.381. The number of aromatic nitrogens is 2. The molecule has 27 heavy (non-hydrogen) atoms. The molecule has 0 atom stereocenters. The largest absolute Gasteiger partial charge is 0.385 e. The second-order valence-corrected chi connectivity index (χ2v) is 7.51. The fourth-order valence-electron chi connectivity index (χ4n) is 4.10. The summed E-state index contributed by atoms with van der Waals surface area (Å²) in [6, 6.07) is 12.6. The van der Waals surface area contributed by atoms with Crippen molar-refractivity contribution in [2.75, 3.05) is 13.1 Å². The molecule has 1 aromatic heterocycles. The number of likely N-dealkylation sites (tertiary alicyclic amines) is 1. The van der Waals surface area contributed by atoms with Gasteiger partial charge in [0.05, 0.1) is 16.6 Å². The summed E-state index contributed by atoms with van der Waals surface area (Å²) >= 11 is 0. The van der Waals surface area contributed by atoms with Gasteiger partial charge >= 0.3 is 5.69 Å². The predicted octanol–water partition coefficient (Wildman–Crippen LogP) is 2.50. The van der Waals surface area contributed by atoms with Crippen LogP contribution in [0.2, 0.25) is 0 Å². The van der Waals surface area contributed by atoms with Crippen LogP contribution < -0.4 is 5.69 Å². The maximum absolute atomic E-state index is 14.1. The number of benzene rings is 2. The number of nitrogens with zero attached hydrogens (tertiary/aromatic N) is 3. The third kappa shape index (κ3) is 3.09. The van der Waals surface area contributed by atoms with E-state index < -0.39 is 5.60 Å². The van der Waals surface area contributed by atoms with Crippen LogP contribution in [0.3, 0.4) is 0 Å². The molecule has 0 saturated carbocycles. The van der Waals surface area contributed by atoms with Crippen LogP contribution in [0, 0.1) is 5.82 Å². The Balaban J connectivity index is 1.50. The van der Waals surface area contributed by atoms with E-state index in [9.17, 15) is 14.3 Å². The molecule has 2 aromatic carbocycles. The molecule has 1 saturated heterocycles. The molecule has 0 bridgehead atoms. The van der Waals surface area contributed by atoms with Crippen molar-refractivity contribution >= 4 is 11.0 Å². The zero-order valence-electron chi connectivity index (χ0n) is 15.7. The number of hydrogen-bond acceptors (Lipinski definition) is 3. The molecule has 1 aliphatic heterocycles. The molecule has 0 amide bonds. The Morgan fingerprint density at radius 2 is 1.70 bits per heavy atom. The Bertz CT molecular complexity index is 1050. The second kappa shape index (κ2) is 6.62. The molecule has 5 nitrogen and oxygen atoms in total. The molecule has 0 aliphatic carbocycles. The smallest absolute Gasteiger partial charge is 0.328 e. The molecule has 1 fully saturated rings. The van der Waals surface area contributed by atoms with Crippen molar-refractivity contribution < 1.29 is 9.50 Å². The minimum Gasteiger partial charge on any atom is -0.385 e. The first-order chi connectivity index (χ1) is 12.9. The molecule has 0 spiro atoms. The van der Waals surface area contributed by atoms with Crippen molar-refractivity contribution in [3.05, 3.63) is 69.9 Å². The van der Waals surface area contributed by atoms with Crippen LogP contribution in [0.25, 0.3) is 11.0 Å². The number of fused-ring (bicyclic) bond motifs is 1. The first-order valence-corrected chi connectivity index (χ1v) is 9.23. The van der Waals surface area contributed by atoms with Gasteiger partial charge in [-0.2, -0.15) is 0 Å². The number of imidazole rings is 1. The second-order valence-electron chi connectivity index (χ2n) is 7.51. The lowest BCUT2D eigenvalue weighted by molar-refractivity contribution is -0.0302. The Kier molecular flexibility index (Phi) is 4.40. The summed E-state index contributed by atoms with van der Waals surface area (Å²) in [5, 5.41) is 10.9. The van der Waals surface area contributed by atoms with Crippen LogP contribution in [0.1, 0.15) is 24.0 Å². The molecule has 3 aromatic rings. The highest BCUT2D eigenvalue weighted by Crippen LogP contribution is 2.34. The summed E-state index contributed by atoms with van der Waals surface area (Å²) in [4.78, 5) is 14.3. The average molecular weight is 369 g/mol. The maximum atomic E-state index is 14.1. The minimum atomic E-state index is -1.10. The van der Waals surface area contributed by atoms with Crippen molar-refractivity contribution in [1.29, 1.82) is 0 Å². The van der Waals surface area contributed by atoms with Gasteiger partial charge in [0, 0.05) is 39.3 Å². The first kappa shape index (κ1) is 17.9. The van der Waals surface area contributed by atoms with Gasteiger partial charge in [0.25, 0.3) is 0 Å². The topological polar surface area (TPSA) is 50.4 Å². The third-order valence-electron chi connectivity index (χ3n) is 5.80. The van der Waals surface area contributed by atoms with Crippen molar-refractivity contribution in [2.45, 2.75) is 25.0 Å². The third-order valence-corrected chi connectivity index (χ3v) is 5.80. The number of aliphatic hydroxyl groups is 1. The molecule has 1 aliphatic rings. The molecule has 1 N–H and O–H groups in total. The predicted molar refractivity (Wildman–Crippen MR) is 103 cm³/mol. The molecule has 142 valence electrons. The van der Waals surface area contributed by atoms with Crippen LogP contribution >= 0.6 is 0 Å². The standard InChI is InChI=1S/C21H24FN3O2/c1-23-18-8-7-15(13-19(18)24(2)20(23)26)14-25-11-9-21(27,10-12-25)16-5-3-4-6-17(16)22/h3-8,13,27H,9-12,14H2,1-2H3. The molecule has 0 unspecified atom stereocenters. The van der Waals surface area contributed by atoms with Crippen molar-refractivity contribution in [3.8, 4) is 0 Å². The summed E-state index contributed by atoms with van der Waals surface area (Å²) in [5.74, 6) is -0.344. The quantitative estimate of drug-likeness (QED) is 0.772. The number of piperidine rings is 1. The summed E-state index contributed by atoms with van der Waals surface area (Å²) in [7, 11) is 3.56. The molecule has 2 heterocycles. The van der Waals surface area contributed by atoms with E-state index in [1.165, 1.54) is 6.07 Å². The SMILES string of the molecule is Cn1c(=O)n(C)c2cc(CN3CCC(O)(c4ccccc4F)CC3)ccc21. The van der Waals surface area contributed by atoms with Crippen LogP contribution in [-0.4, -0.2) is 32.2 Å². The number of halogens is 1. The van der Waals surface area contributed by atoms with E-state index in [1.54, 1.807) is 41.4 Å². The normalized spacial score (nSPS) is 17.5. The van der Waals surface area contributed by atoms with Crippen LogP contribution in [0.15, 0.2) is 47.3 Å². The van der Waals surface area contributed by atoms with Gasteiger partial charge in [-0.25, -0.2) is 9.18 Å². The number of aryl methyl sites for hydroxylation is 2. The minimum absolute atomic E-state index is 0.0323. The van der Waals surface area contributed by atoms with E-state index in [1.807, 2.05) is 12.1 Å². The summed E-state index contributed by atoms with van der Waals surface area (Å²) < 4.78 is 17.4. The average Bonchev–Trinajstić information content (AvgIpc) is 2.88. The van der Waals surface area contributed by atoms with Gasteiger partial charge in [0.2, 0.25) is 0 Å². The number of rotatable bonds is 3. The van der Waals surface area contributed by atoms with E-state index in [4.69, 9.17) is 0 Å². The zero-order valence-corrected chi connectivity index (χ0v) is 15.7. The Morgan fingerprint density at radius 3 is 2.41 bits per heavy atom. The maximum Gasteiger partial charge on any atom is 0.328 e. The van der Waals surface area contributed by atoms with Crippen molar-refractivity contribution in [3.63, 3.8) is 0 Å². The Hall–Kier alpha value is -2.44. The van der Waals surface area contributed by atoms with Gasteiger partial charge in [0.1, 0.15) is 5.82 Å². The molecular formula is C21H24FN3O2. The molecular weight excluding hydrogens is 345 g/mol. The summed E-state index contributed by atoms with van der Waals surface area (Å²) in [5.41, 5.74) is 2.22. The first-order valence-electron chi connectivity index (χ1n) is 9.23. The Labute approximate surface area is 157 Å². The number of hydrogen-bond donors (Lipinski definition) is 1. The van der Waals surface area contributed by atoms with Gasteiger partial charge < -0.3 is 5.11 Å². The lowest BCUT2D eigenvalue weighted by atomic mass is 9.84. The van der Waals surface area contributed by atoms with E-state index >= 15 is 0 Å². The molecule has 0 radical (unpaired) electrons. The van der Waals surface area contributed by atoms with E-state index in [2.05, 4.69) is 11.0 Å². The fourth-order valence-corrected chi connectivity index (χ4v) is 4.10.